The number of rotatable bonds is 7. The van der Waals surface area contributed by atoms with Crippen LogP contribution in [0, 0.1) is 0 Å². The Bertz CT molecular complexity index is 758. The number of unbranched alkanes of at least 4 members (excludes halogenated alkanes) is 1. The van der Waals surface area contributed by atoms with Crippen LogP contribution in [0.5, 0.6) is 5.75 Å². The highest BCUT2D eigenvalue weighted by Gasteiger charge is 2.09. The quantitative estimate of drug-likeness (QED) is 0.512. The van der Waals surface area contributed by atoms with Gasteiger partial charge in [-0.05, 0) is 56.9 Å². The number of benzene rings is 2. The zero-order valence-electron chi connectivity index (χ0n) is 17.3. The molecule has 30 heavy (non-hydrogen) atoms. The van der Waals surface area contributed by atoms with Crippen molar-refractivity contribution < 1.29 is 24.5 Å². The summed E-state index contributed by atoms with van der Waals surface area (Å²) < 4.78 is 6.09. The number of para-hydroxylation sites is 1. The second-order valence-electron chi connectivity index (χ2n) is 7.28. The van der Waals surface area contributed by atoms with Crippen molar-refractivity contribution in [1.82, 2.24) is 4.90 Å². The van der Waals surface area contributed by atoms with Crippen molar-refractivity contribution in [2.75, 3.05) is 26.2 Å². The van der Waals surface area contributed by atoms with Gasteiger partial charge in [-0.3, -0.25) is 0 Å². The number of ether oxygens (including phenoxy) is 1. The van der Waals surface area contributed by atoms with E-state index < -0.39 is 11.9 Å². The van der Waals surface area contributed by atoms with Crippen molar-refractivity contribution in [1.29, 1.82) is 0 Å². The largest absolute Gasteiger partial charge is 0.493 e. The fourth-order valence-corrected chi connectivity index (χ4v) is 3.43. The smallest absolute Gasteiger partial charge is 0.414 e. The first-order chi connectivity index (χ1) is 14.6. The van der Waals surface area contributed by atoms with Crippen molar-refractivity contribution in [2.24, 2.45) is 0 Å². The second-order valence-corrected chi connectivity index (χ2v) is 7.28. The van der Waals surface area contributed by atoms with Crippen molar-refractivity contribution in [3.05, 3.63) is 54.6 Å². The van der Waals surface area contributed by atoms with Crippen LogP contribution in [0.2, 0.25) is 0 Å². The zero-order valence-corrected chi connectivity index (χ0v) is 17.3. The molecule has 0 amide bonds. The molecular formula is C24H31NO5. The highest BCUT2D eigenvalue weighted by Crippen LogP contribution is 2.29. The number of likely N-dealkylation sites (tertiary alicyclic amines) is 1. The molecule has 0 aliphatic carbocycles. The molecule has 2 N–H and O–H groups in total. The molecule has 1 saturated heterocycles. The zero-order chi connectivity index (χ0) is 21.6. The predicted molar refractivity (Wildman–Crippen MR) is 117 cm³/mol. The van der Waals surface area contributed by atoms with E-state index in [4.69, 9.17) is 24.5 Å². The molecular weight excluding hydrogens is 382 g/mol. The SMILES string of the molecule is O=C(O)C(=O)O.c1ccc(-c2ccccc2OCCCCN2CCCCCC2)cc1. The molecule has 0 unspecified atom stereocenters. The van der Waals surface area contributed by atoms with Crippen LogP contribution in [0.4, 0.5) is 0 Å². The average Bonchev–Trinajstić information content (AvgIpc) is 3.04. The van der Waals surface area contributed by atoms with E-state index in [-0.39, 0.29) is 0 Å². The van der Waals surface area contributed by atoms with Gasteiger partial charge in [-0.15, -0.1) is 0 Å². The van der Waals surface area contributed by atoms with Gasteiger partial charge in [0.1, 0.15) is 5.75 Å². The summed E-state index contributed by atoms with van der Waals surface area (Å²) >= 11 is 0. The summed E-state index contributed by atoms with van der Waals surface area (Å²) in [6.45, 7) is 4.61. The first-order valence-corrected chi connectivity index (χ1v) is 10.5. The molecule has 6 heteroatoms. The lowest BCUT2D eigenvalue weighted by atomic mass is 10.1. The molecule has 0 radical (unpaired) electrons. The average molecular weight is 414 g/mol. The van der Waals surface area contributed by atoms with E-state index in [0.717, 1.165) is 18.8 Å². The molecule has 0 saturated carbocycles. The minimum atomic E-state index is -1.82. The summed E-state index contributed by atoms with van der Waals surface area (Å²) in [5, 5.41) is 14.8. The first-order valence-electron chi connectivity index (χ1n) is 10.5. The van der Waals surface area contributed by atoms with Gasteiger partial charge in [-0.25, -0.2) is 9.59 Å². The third kappa shape index (κ3) is 8.66. The van der Waals surface area contributed by atoms with Gasteiger partial charge >= 0.3 is 11.9 Å². The van der Waals surface area contributed by atoms with Crippen molar-refractivity contribution in [3.63, 3.8) is 0 Å². The molecule has 3 rings (SSSR count). The first kappa shape index (κ1) is 23.4. The van der Waals surface area contributed by atoms with E-state index in [0.29, 0.717) is 0 Å². The summed E-state index contributed by atoms with van der Waals surface area (Å²) in [6.07, 6.45) is 7.93. The number of hydrogen-bond acceptors (Lipinski definition) is 4. The Kier molecular flexibility index (Phi) is 10.4. The maximum Gasteiger partial charge on any atom is 0.414 e. The normalized spacial score (nSPS) is 14.1. The van der Waals surface area contributed by atoms with Crippen LogP contribution < -0.4 is 4.74 Å². The summed E-state index contributed by atoms with van der Waals surface area (Å²) in [6, 6.07) is 18.8. The van der Waals surface area contributed by atoms with Gasteiger partial charge in [0, 0.05) is 5.56 Å². The number of carbonyl (C=O) groups is 2. The minimum absolute atomic E-state index is 0.803. The van der Waals surface area contributed by atoms with Gasteiger partial charge in [0.05, 0.1) is 6.61 Å². The van der Waals surface area contributed by atoms with Crippen molar-refractivity contribution in [2.45, 2.75) is 38.5 Å². The molecule has 0 spiro atoms. The molecule has 1 fully saturated rings. The molecule has 1 aliphatic rings. The fourth-order valence-electron chi connectivity index (χ4n) is 3.43. The molecule has 1 aliphatic heterocycles. The molecule has 2 aromatic carbocycles. The standard InChI is InChI=1S/C22H29NO.C2H2O4/c1-2-9-17-23(16-8-1)18-10-11-19-24-22-15-7-6-14-21(22)20-12-4-3-5-13-20;3-1(4)2(5)6/h3-7,12-15H,1-2,8-11,16-19H2;(H,3,4)(H,5,6). The van der Waals surface area contributed by atoms with E-state index in [1.165, 1.54) is 62.9 Å². The van der Waals surface area contributed by atoms with Crippen LogP contribution in [-0.4, -0.2) is 53.3 Å². The van der Waals surface area contributed by atoms with Gasteiger partial charge in [-0.2, -0.15) is 0 Å². The molecule has 0 bridgehead atoms. The van der Waals surface area contributed by atoms with Gasteiger partial charge in [0.2, 0.25) is 0 Å². The summed E-state index contributed by atoms with van der Waals surface area (Å²) in [5.41, 5.74) is 2.41. The Morgan fingerprint density at radius 3 is 2.03 bits per heavy atom. The maximum absolute atomic E-state index is 9.10. The lowest BCUT2D eigenvalue weighted by molar-refractivity contribution is -0.159. The van der Waals surface area contributed by atoms with Crippen LogP contribution >= 0.6 is 0 Å². The molecule has 2 aromatic rings. The van der Waals surface area contributed by atoms with Gasteiger partial charge in [-0.1, -0.05) is 61.4 Å². The van der Waals surface area contributed by atoms with Crippen molar-refractivity contribution in [3.8, 4) is 16.9 Å². The highest BCUT2D eigenvalue weighted by atomic mass is 16.5. The summed E-state index contributed by atoms with van der Waals surface area (Å²) in [4.78, 5) is 20.8. The minimum Gasteiger partial charge on any atom is -0.493 e. The van der Waals surface area contributed by atoms with Crippen LogP contribution in [0.15, 0.2) is 54.6 Å². The lowest BCUT2D eigenvalue weighted by Crippen LogP contribution is -2.25. The highest BCUT2D eigenvalue weighted by molar-refractivity contribution is 6.27. The topological polar surface area (TPSA) is 87.1 Å². The van der Waals surface area contributed by atoms with Gasteiger partial charge < -0.3 is 19.8 Å². The Morgan fingerprint density at radius 2 is 1.40 bits per heavy atom. The second kappa shape index (κ2) is 13.4. The van der Waals surface area contributed by atoms with Crippen LogP contribution in [0.25, 0.3) is 11.1 Å². The molecule has 6 nitrogen and oxygen atoms in total. The summed E-state index contributed by atoms with van der Waals surface area (Å²) in [5.74, 6) is -2.65. The Labute approximate surface area is 178 Å². The molecule has 0 atom stereocenters. The molecule has 162 valence electrons. The fraction of sp³-hybridized carbons (Fsp3) is 0.417. The monoisotopic (exact) mass is 413 g/mol. The Morgan fingerprint density at radius 1 is 0.800 bits per heavy atom. The van der Waals surface area contributed by atoms with E-state index >= 15 is 0 Å². The number of hydrogen-bond donors (Lipinski definition) is 2. The number of carboxylic acids is 2. The van der Waals surface area contributed by atoms with E-state index in [1.807, 2.05) is 0 Å². The maximum atomic E-state index is 9.10. The van der Waals surface area contributed by atoms with Crippen LogP contribution in [-0.2, 0) is 9.59 Å². The lowest BCUT2D eigenvalue weighted by Gasteiger charge is -2.19. The van der Waals surface area contributed by atoms with Gasteiger partial charge in [0.15, 0.2) is 0 Å². The summed E-state index contributed by atoms with van der Waals surface area (Å²) in [7, 11) is 0. The van der Waals surface area contributed by atoms with E-state index in [2.05, 4.69) is 59.5 Å². The number of nitrogens with zero attached hydrogens (tertiary/aromatic N) is 1. The molecule has 0 aromatic heterocycles. The van der Waals surface area contributed by atoms with E-state index in [9.17, 15) is 0 Å². The predicted octanol–water partition coefficient (Wildman–Crippen LogP) is 4.54. The van der Waals surface area contributed by atoms with E-state index in [1.54, 1.807) is 0 Å². The van der Waals surface area contributed by atoms with Crippen LogP contribution in [0.1, 0.15) is 38.5 Å². The Hall–Kier alpha value is -2.86. The third-order valence-electron chi connectivity index (χ3n) is 4.98. The third-order valence-corrected chi connectivity index (χ3v) is 4.98. The molecule has 1 heterocycles. The Balaban J connectivity index is 0.000000469. The number of carboxylic acid groups (broad SMARTS) is 2. The van der Waals surface area contributed by atoms with Crippen molar-refractivity contribution >= 4 is 11.9 Å². The van der Waals surface area contributed by atoms with Crippen LogP contribution in [0.3, 0.4) is 0 Å². The number of aliphatic carboxylic acids is 2. The van der Waals surface area contributed by atoms with Gasteiger partial charge in [0.25, 0.3) is 0 Å².